The number of carboxylic acid groups (broad SMARTS) is 1. The highest BCUT2D eigenvalue weighted by molar-refractivity contribution is 7.14. The molecule has 4 aromatic heterocycles. The Morgan fingerprint density at radius 3 is 2.73 bits per heavy atom. The number of alkyl carbamates (subject to hydrolysis) is 1. The number of aromatic amines is 2. The number of thiazole rings is 1. The fourth-order valence-electron chi connectivity index (χ4n) is 5.56. The van der Waals surface area contributed by atoms with Crippen LogP contribution in [0.5, 0.6) is 0 Å². The van der Waals surface area contributed by atoms with E-state index in [0.29, 0.717) is 78.9 Å². The van der Waals surface area contributed by atoms with Crippen LogP contribution in [0.2, 0.25) is 0 Å². The third kappa shape index (κ3) is 9.14. The number of piperidine rings is 1. The lowest BCUT2D eigenvalue weighted by molar-refractivity contribution is -0.881. The maximum absolute atomic E-state index is 14.0. The number of pyridine rings is 1. The number of tetrazole rings is 1. The normalized spacial score (nSPS) is 15.3. The Hall–Kier alpha value is -4.97. The minimum absolute atomic E-state index is 0.0676. The molecule has 5 heterocycles. The number of aromatic nitrogens is 7. The predicted molar refractivity (Wildman–Crippen MR) is 180 cm³/mol. The maximum Gasteiger partial charge on any atom is 0.407 e. The minimum atomic E-state index is -0.915. The van der Waals surface area contributed by atoms with Crippen molar-refractivity contribution in [3.63, 3.8) is 0 Å². The predicted octanol–water partition coefficient (Wildman–Crippen LogP) is 1.27. The number of H-pyrrole nitrogens is 2. The monoisotopic (exact) mass is 697 g/mol. The number of aryl methyl sites for hydroxylation is 1. The maximum atomic E-state index is 14.0. The topological polar surface area (TPSA) is 211 Å². The highest BCUT2D eigenvalue weighted by Crippen LogP contribution is 2.27. The lowest BCUT2D eigenvalue weighted by atomic mass is 9.93. The third-order valence-corrected chi connectivity index (χ3v) is 8.98. The molecule has 4 aromatic rings. The molecular formula is C31H43N11O6S+2. The number of amides is 2. The second-order valence-corrected chi connectivity index (χ2v) is 14.6. The van der Waals surface area contributed by atoms with Gasteiger partial charge in [-0.1, -0.05) is 26.0 Å². The number of hydrogen-bond donors (Lipinski definition) is 4. The summed E-state index contributed by atoms with van der Waals surface area (Å²) in [4.78, 5) is 60.9. The number of ether oxygens (including phenoxy) is 1. The molecule has 1 aliphatic heterocycles. The summed E-state index contributed by atoms with van der Waals surface area (Å²) in [6.45, 7) is 7.69. The molecule has 17 nitrogen and oxygen atoms in total. The van der Waals surface area contributed by atoms with Crippen molar-refractivity contribution < 1.29 is 33.7 Å². The first-order valence-corrected chi connectivity index (χ1v) is 16.9. The fraction of sp³-hybridized carbons (Fsp3) is 0.516. The number of nitrogens with one attached hydrogen (secondary N) is 4. The number of carbonyl (C=O) groups is 3. The molecule has 1 aliphatic rings. The Balaban J connectivity index is 1.36. The summed E-state index contributed by atoms with van der Waals surface area (Å²) in [5, 5.41) is 31.2. The molecule has 262 valence electrons. The van der Waals surface area contributed by atoms with E-state index >= 15 is 0 Å². The molecule has 2 amide bonds. The van der Waals surface area contributed by atoms with Gasteiger partial charge in [0, 0.05) is 28.8 Å². The summed E-state index contributed by atoms with van der Waals surface area (Å²) in [7, 11) is 3.55. The van der Waals surface area contributed by atoms with Gasteiger partial charge in [-0.05, 0) is 25.3 Å². The van der Waals surface area contributed by atoms with Crippen molar-refractivity contribution in [1.82, 2.24) is 35.3 Å². The molecule has 1 atom stereocenters. The van der Waals surface area contributed by atoms with Crippen molar-refractivity contribution in [1.29, 1.82) is 0 Å². The van der Waals surface area contributed by atoms with Gasteiger partial charge in [-0.2, -0.15) is 9.61 Å². The van der Waals surface area contributed by atoms with Crippen LogP contribution in [0.3, 0.4) is 0 Å². The van der Waals surface area contributed by atoms with Crippen LogP contribution in [0.15, 0.2) is 28.5 Å². The van der Waals surface area contributed by atoms with Crippen LogP contribution in [-0.2, 0) is 27.8 Å². The van der Waals surface area contributed by atoms with E-state index in [1.165, 1.54) is 15.7 Å². The van der Waals surface area contributed by atoms with E-state index in [0.717, 1.165) is 5.69 Å². The molecule has 1 saturated heterocycles. The fourth-order valence-corrected chi connectivity index (χ4v) is 6.49. The number of quaternary nitrogens is 1. The van der Waals surface area contributed by atoms with Crippen molar-refractivity contribution in [2.24, 2.45) is 0 Å². The Labute approximate surface area is 286 Å². The first-order chi connectivity index (χ1) is 23.2. The van der Waals surface area contributed by atoms with Gasteiger partial charge in [0.2, 0.25) is 11.5 Å². The first kappa shape index (κ1) is 35.3. The first-order valence-electron chi connectivity index (χ1n) is 16.0. The minimum Gasteiger partial charge on any atom is -0.477 e. The van der Waals surface area contributed by atoms with Gasteiger partial charge in [0.05, 0.1) is 45.6 Å². The molecule has 0 bridgehead atoms. The van der Waals surface area contributed by atoms with Crippen molar-refractivity contribution in [2.45, 2.75) is 58.0 Å². The lowest BCUT2D eigenvalue weighted by Gasteiger charge is -2.31. The number of hydrogen-bond acceptors (Lipinski definition) is 11. The number of fused-ring (bicyclic) bond motifs is 1. The van der Waals surface area contributed by atoms with Crippen molar-refractivity contribution in [3.8, 4) is 0 Å². The van der Waals surface area contributed by atoms with Gasteiger partial charge in [0.15, 0.2) is 17.5 Å². The summed E-state index contributed by atoms with van der Waals surface area (Å²) in [6.07, 6.45) is 2.51. The number of rotatable bonds is 12. The Bertz CT molecular complexity index is 1870. The number of carbonyl (C=O) groups excluding carboxylic acids is 2. The van der Waals surface area contributed by atoms with E-state index < -0.39 is 18.2 Å². The van der Waals surface area contributed by atoms with Crippen molar-refractivity contribution in [3.05, 3.63) is 56.7 Å². The molecule has 0 saturated carbocycles. The van der Waals surface area contributed by atoms with Gasteiger partial charge < -0.3 is 19.6 Å². The highest BCUT2D eigenvalue weighted by atomic mass is 32.1. The Morgan fingerprint density at radius 1 is 1.24 bits per heavy atom. The average Bonchev–Trinajstić information content (AvgIpc) is 3.72. The molecule has 0 radical (unpaired) electrons. The van der Waals surface area contributed by atoms with Crippen LogP contribution in [0.25, 0.3) is 5.65 Å². The summed E-state index contributed by atoms with van der Waals surface area (Å²) in [6, 6.07) is 3.21. The van der Waals surface area contributed by atoms with E-state index in [2.05, 4.69) is 62.0 Å². The number of aliphatic carboxylic acids is 1. The number of carboxylic acids is 1. The molecule has 5 rings (SSSR count). The molecule has 1 fully saturated rings. The number of nitrogens with zero attached hydrogens (tertiary/aromatic N) is 7. The standard InChI is InChI=1S/C31H41N11O6S/c1-31(2,3)22-18-49-29(33-22)35-27(45)19-10-13-41-24(15-19)34-26(21(28(41)46)8-9-23-36-38-39-37-23)40-12-6-7-20(16-40)48-30(47)32-11-14-42(4,5)17-25(43)44/h10,13,15,18,20H,6-9,11-12,14,16-17H2,1-5H3,(H3-,32,33,35,36,37,38,39,43,44,45,47)/p+2/t20-/m1/s1. The smallest absolute Gasteiger partial charge is 0.407 e. The summed E-state index contributed by atoms with van der Waals surface area (Å²) >= 11 is 1.35. The third-order valence-electron chi connectivity index (χ3n) is 8.23. The molecule has 0 unspecified atom stereocenters. The SMILES string of the molecule is CC(C)(C)c1csc(NC(=O)c2ccn3c(=O)c(CCc4nn[nH]n4)c(N4CCC[C@@H](OC(=O)NCC[N+](C)(C)CC(=O)O)C4)[nH+]c3c2)n1. The van der Waals surface area contributed by atoms with Crippen LogP contribution in [0.4, 0.5) is 15.7 Å². The molecular weight excluding hydrogens is 654 g/mol. The lowest BCUT2D eigenvalue weighted by Crippen LogP contribution is -2.49. The summed E-state index contributed by atoms with van der Waals surface area (Å²) in [5.41, 5.74) is 1.70. The molecule has 5 N–H and O–H groups in total. The van der Waals surface area contributed by atoms with Crippen LogP contribution in [0, 0.1) is 0 Å². The molecule has 0 aliphatic carbocycles. The van der Waals surface area contributed by atoms with Gasteiger partial charge in [-0.25, -0.2) is 24.4 Å². The number of likely N-dealkylation sites (N-methyl/N-ethyl adjacent to an activating group) is 1. The number of anilines is 2. The Morgan fingerprint density at radius 2 is 2.04 bits per heavy atom. The molecule has 0 aromatic carbocycles. The van der Waals surface area contributed by atoms with E-state index in [-0.39, 0.29) is 34.5 Å². The van der Waals surface area contributed by atoms with Gasteiger partial charge in [-0.15, -0.1) is 21.5 Å². The zero-order valence-corrected chi connectivity index (χ0v) is 29.1. The highest BCUT2D eigenvalue weighted by Gasteiger charge is 2.32. The van der Waals surface area contributed by atoms with Crippen LogP contribution >= 0.6 is 11.3 Å². The van der Waals surface area contributed by atoms with Gasteiger partial charge in [0.25, 0.3) is 5.91 Å². The van der Waals surface area contributed by atoms with Crippen molar-refractivity contribution >= 4 is 45.9 Å². The second-order valence-electron chi connectivity index (χ2n) is 13.8. The summed E-state index contributed by atoms with van der Waals surface area (Å²) < 4.78 is 7.41. The zero-order valence-electron chi connectivity index (χ0n) is 28.3. The van der Waals surface area contributed by atoms with E-state index in [1.54, 1.807) is 32.4 Å². The van der Waals surface area contributed by atoms with Crippen molar-refractivity contribution in [2.75, 3.05) is 57.0 Å². The molecule has 18 heteroatoms. The van der Waals surface area contributed by atoms with Crippen LogP contribution < -0.4 is 26.1 Å². The second kappa shape index (κ2) is 14.7. The van der Waals surface area contributed by atoms with Gasteiger partial charge in [-0.3, -0.25) is 15.0 Å². The molecule has 49 heavy (non-hydrogen) atoms. The average molecular weight is 698 g/mol. The van der Waals surface area contributed by atoms with Crippen LogP contribution in [0.1, 0.15) is 61.1 Å². The Kier molecular flexibility index (Phi) is 10.6. The molecule has 0 spiro atoms. The van der Waals surface area contributed by atoms with Gasteiger partial charge >= 0.3 is 17.6 Å². The van der Waals surface area contributed by atoms with Crippen LogP contribution in [-0.4, -0.2) is 110 Å². The quantitative estimate of drug-likeness (QED) is 0.155. The summed E-state index contributed by atoms with van der Waals surface area (Å²) in [5.74, 6) is -0.256. The largest absolute Gasteiger partial charge is 0.477 e. The van der Waals surface area contributed by atoms with E-state index in [4.69, 9.17) is 9.84 Å². The zero-order chi connectivity index (χ0) is 35.3. The van der Waals surface area contributed by atoms with E-state index in [9.17, 15) is 19.2 Å². The van der Waals surface area contributed by atoms with Gasteiger partial charge in [0.1, 0.15) is 18.2 Å². The van der Waals surface area contributed by atoms with E-state index in [1.807, 2.05) is 10.3 Å².